The average Bonchev–Trinajstić information content (AvgIpc) is 2.42. The highest BCUT2D eigenvalue weighted by molar-refractivity contribution is 6.31. The summed E-state index contributed by atoms with van der Waals surface area (Å²) >= 11 is 6.06. The molecular formula is C17H12ClF. The number of rotatable bonds is 2. The summed E-state index contributed by atoms with van der Waals surface area (Å²) in [7, 11) is 0. The van der Waals surface area contributed by atoms with Crippen molar-refractivity contribution in [2.75, 3.05) is 0 Å². The Labute approximate surface area is 116 Å². The predicted octanol–water partition coefficient (Wildman–Crippen LogP) is 5.22. The van der Waals surface area contributed by atoms with E-state index in [-0.39, 0.29) is 5.82 Å². The van der Waals surface area contributed by atoms with Crippen molar-refractivity contribution in [3.8, 4) is 0 Å². The largest absolute Gasteiger partial charge is 0.207 e. The van der Waals surface area contributed by atoms with Gasteiger partial charge in [-0.1, -0.05) is 60.1 Å². The molecule has 0 N–H and O–H groups in total. The third-order valence-corrected chi connectivity index (χ3v) is 3.58. The van der Waals surface area contributed by atoms with Gasteiger partial charge in [-0.15, -0.1) is 0 Å². The molecule has 0 amide bonds. The van der Waals surface area contributed by atoms with Crippen molar-refractivity contribution in [3.05, 3.63) is 82.6 Å². The standard InChI is InChI=1S/C17H12ClF/c18-17-11-16(19)8-7-15(17)10-12-5-6-13-3-1-2-4-14(13)9-12/h1-9,11H,10H2. The summed E-state index contributed by atoms with van der Waals surface area (Å²) in [6, 6.07) is 19.1. The van der Waals surface area contributed by atoms with Gasteiger partial charge < -0.3 is 0 Å². The summed E-state index contributed by atoms with van der Waals surface area (Å²) in [5.74, 6) is -0.299. The molecular weight excluding hydrogens is 259 g/mol. The van der Waals surface area contributed by atoms with Gasteiger partial charge in [0.2, 0.25) is 0 Å². The van der Waals surface area contributed by atoms with E-state index in [2.05, 4.69) is 30.3 Å². The molecule has 2 heteroatoms. The van der Waals surface area contributed by atoms with Gasteiger partial charge in [0, 0.05) is 5.02 Å². The average molecular weight is 271 g/mol. The summed E-state index contributed by atoms with van der Waals surface area (Å²) in [4.78, 5) is 0. The lowest BCUT2D eigenvalue weighted by atomic mass is 10.0. The molecule has 19 heavy (non-hydrogen) atoms. The van der Waals surface area contributed by atoms with Crippen molar-refractivity contribution in [2.24, 2.45) is 0 Å². The molecule has 3 aromatic carbocycles. The van der Waals surface area contributed by atoms with Crippen molar-refractivity contribution >= 4 is 22.4 Å². The first kappa shape index (κ1) is 12.2. The fraction of sp³-hybridized carbons (Fsp3) is 0.0588. The first-order chi connectivity index (χ1) is 9.22. The molecule has 3 rings (SSSR count). The Bertz CT molecular complexity index is 734. The Balaban J connectivity index is 1.96. The van der Waals surface area contributed by atoms with Gasteiger partial charge in [-0.2, -0.15) is 0 Å². The molecule has 0 aliphatic rings. The SMILES string of the molecule is Fc1ccc(Cc2ccc3ccccc3c2)c(Cl)c1. The summed E-state index contributed by atoms with van der Waals surface area (Å²) in [6.45, 7) is 0. The van der Waals surface area contributed by atoms with Crippen LogP contribution in [0.3, 0.4) is 0 Å². The second-order valence-electron chi connectivity index (χ2n) is 4.59. The van der Waals surface area contributed by atoms with Crippen LogP contribution >= 0.6 is 11.6 Å². The molecule has 0 saturated heterocycles. The molecule has 0 aliphatic heterocycles. The van der Waals surface area contributed by atoms with E-state index >= 15 is 0 Å². The van der Waals surface area contributed by atoms with Gasteiger partial charge in [0.15, 0.2) is 0 Å². The molecule has 0 fully saturated rings. The zero-order valence-corrected chi connectivity index (χ0v) is 11.0. The van der Waals surface area contributed by atoms with Crippen molar-refractivity contribution in [1.29, 1.82) is 0 Å². The van der Waals surface area contributed by atoms with Crippen LogP contribution in [0.2, 0.25) is 5.02 Å². The van der Waals surface area contributed by atoms with Crippen LogP contribution in [0.25, 0.3) is 10.8 Å². The third kappa shape index (κ3) is 2.61. The van der Waals surface area contributed by atoms with Crippen molar-refractivity contribution < 1.29 is 4.39 Å². The summed E-state index contributed by atoms with van der Waals surface area (Å²) < 4.78 is 13.0. The molecule has 0 radical (unpaired) electrons. The molecule has 3 aromatic rings. The number of halogens is 2. The van der Waals surface area contributed by atoms with Gasteiger partial charge in [-0.25, -0.2) is 4.39 Å². The molecule has 0 atom stereocenters. The van der Waals surface area contributed by atoms with E-state index in [4.69, 9.17) is 11.6 Å². The first-order valence-corrected chi connectivity index (χ1v) is 6.52. The Kier molecular flexibility index (Phi) is 3.22. The Hall–Kier alpha value is -1.86. The molecule has 0 aliphatic carbocycles. The Morgan fingerprint density at radius 1 is 0.842 bits per heavy atom. The van der Waals surface area contributed by atoms with Crippen LogP contribution in [-0.2, 0) is 6.42 Å². The number of benzene rings is 3. The van der Waals surface area contributed by atoms with E-state index in [1.807, 2.05) is 12.1 Å². The van der Waals surface area contributed by atoms with Crippen LogP contribution in [0.5, 0.6) is 0 Å². The molecule has 0 bridgehead atoms. The van der Waals surface area contributed by atoms with Gasteiger partial charge in [0.05, 0.1) is 0 Å². The van der Waals surface area contributed by atoms with Crippen LogP contribution < -0.4 is 0 Å². The van der Waals surface area contributed by atoms with Crippen molar-refractivity contribution in [3.63, 3.8) is 0 Å². The third-order valence-electron chi connectivity index (χ3n) is 3.22. The van der Waals surface area contributed by atoms with E-state index in [9.17, 15) is 4.39 Å². The fourth-order valence-corrected chi connectivity index (χ4v) is 2.47. The summed E-state index contributed by atoms with van der Waals surface area (Å²) in [5.41, 5.74) is 2.12. The molecule has 0 heterocycles. The van der Waals surface area contributed by atoms with E-state index in [1.54, 1.807) is 6.07 Å². The quantitative estimate of drug-likeness (QED) is 0.599. The minimum Gasteiger partial charge on any atom is -0.207 e. The highest BCUT2D eigenvalue weighted by Gasteiger charge is 2.04. The van der Waals surface area contributed by atoms with E-state index in [1.165, 1.54) is 28.5 Å². The van der Waals surface area contributed by atoms with Gasteiger partial charge in [0.1, 0.15) is 5.82 Å². The molecule has 0 spiro atoms. The zero-order valence-electron chi connectivity index (χ0n) is 10.2. The van der Waals surface area contributed by atoms with Crippen molar-refractivity contribution in [1.82, 2.24) is 0 Å². The molecule has 0 nitrogen and oxygen atoms in total. The lowest BCUT2D eigenvalue weighted by Gasteiger charge is -2.06. The van der Waals surface area contributed by atoms with E-state index < -0.39 is 0 Å². The minimum absolute atomic E-state index is 0.299. The van der Waals surface area contributed by atoms with E-state index in [0.717, 1.165) is 5.56 Å². The fourth-order valence-electron chi connectivity index (χ4n) is 2.23. The maximum atomic E-state index is 13.0. The van der Waals surface area contributed by atoms with Gasteiger partial charge >= 0.3 is 0 Å². The van der Waals surface area contributed by atoms with Gasteiger partial charge in [-0.05, 0) is 40.5 Å². The number of hydrogen-bond acceptors (Lipinski definition) is 0. The second kappa shape index (κ2) is 5.02. The summed E-state index contributed by atoms with van der Waals surface area (Å²) in [6.07, 6.45) is 0.712. The monoisotopic (exact) mass is 270 g/mol. The highest BCUT2D eigenvalue weighted by atomic mass is 35.5. The van der Waals surface area contributed by atoms with Crippen LogP contribution in [0.1, 0.15) is 11.1 Å². The zero-order chi connectivity index (χ0) is 13.2. The minimum atomic E-state index is -0.299. The van der Waals surface area contributed by atoms with Crippen LogP contribution in [0.15, 0.2) is 60.7 Å². The maximum Gasteiger partial charge on any atom is 0.124 e. The van der Waals surface area contributed by atoms with Crippen LogP contribution in [-0.4, -0.2) is 0 Å². The first-order valence-electron chi connectivity index (χ1n) is 6.14. The Morgan fingerprint density at radius 3 is 2.42 bits per heavy atom. The smallest absolute Gasteiger partial charge is 0.124 e. The summed E-state index contributed by atoms with van der Waals surface area (Å²) in [5, 5.41) is 2.91. The number of hydrogen-bond donors (Lipinski definition) is 0. The normalized spacial score (nSPS) is 10.8. The van der Waals surface area contributed by atoms with Crippen LogP contribution in [0, 0.1) is 5.82 Å². The van der Waals surface area contributed by atoms with Crippen LogP contribution in [0.4, 0.5) is 4.39 Å². The highest BCUT2D eigenvalue weighted by Crippen LogP contribution is 2.22. The predicted molar refractivity (Wildman–Crippen MR) is 78.2 cm³/mol. The number of fused-ring (bicyclic) bond motifs is 1. The second-order valence-corrected chi connectivity index (χ2v) is 5.00. The lowest BCUT2D eigenvalue weighted by molar-refractivity contribution is 0.627. The molecule has 0 aromatic heterocycles. The van der Waals surface area contributed by atoms with Gasteiger partial charge in [0.25, 0.3) is 0 Å². The molecule has 0 saturated carbocycles. The van der Waals surface area contributed by atoms with E-state index in [0.29, 0.717) is 11.4 Å². The molecule has 94 valence electrons. The lowest BCUT2D eigenvalue weighted by Crippen LogP contribution is -1.90. The molecule has 0 unspecified atom stereocenters. The van der Waals surface area contributed by atoms with Crippen molar-refractivity contribution in [2.45, 2.75) is 6.42 Å². The maximum absolute atomic E-state index is 13.0. The topological polar surface area (TPSA) is 0 Å². The Morgan fingerprint density at radius 2 is 1.63 bits per heavy atom. The van der Waals surface area contributed by atoms with Gasteiger partial charge in [-0.3, -0.25) is 0 Å².